The molecule has 6 nitrogen and oxygen atoms in total. The number of carbonyl (C=O) groups is 2. The molecule has 1 aromatic heterocycles. The van der Waals surface area contributed by atoms with Crippen molar-refractivity contribution in [1.82, 2.24) is 0 Å². The molecule has 1 unspecified atom stereocenters. The highest BCUT2D eigenvalue weighted by atomic mass is 35.5. The molecule has 0 fully saturated rings. The highest BCUT2D eigenvalue weighted by Gasteiger charge is 2.24. The van der Waals surface area contributed by atoms with Gasteiger partial charge in [0, 0.05) is 16.0 Å². The molecule has 5 aromatic rings. The van der Waals surface area contributed by atoms with E-state index in [2.05, 4.69) is 5.32 Å². The number of amides is 1. The minimum absolute atomic E-state index is 0.00974. The van der Waals surface area contributed by atoms with Crippen LogP contribution in [0.25, 0.3) is 22.1 Å². The van der Waals surface area contributed by atoms with Crippen LogP contribution in [0.15, 0.2) is 101 Å². The molecule has 0 saturated heterocycles. The first-order valence-electron chi connectivity index (χ1n) is 12.7. The van der Waals surface area contributed by atoms with E-state index < -0.39 is 12.3 Å². The van der Waals surface area contributed by atoms with Crippen molar-refractivity contribution in [2.24, 2.45) is 0 Å². The van der Waals surface area contributed by atoms with E-state index in [1.54, 1.807) is 85.8 Å². The smallest absolute Gasteiger partial charge is 0.376 e. The van der Waals surface area contributed by atoms with Gasteiger partial charge in [-0.25, -0.2) is 4.79 Å². The zero-order valence-electron chi connectivity index (χ0n) is 21.5. The van der Waals surface area contributed by atoms with Gasteiger partial charge in [0.25, 0.3) is 6.36 Å². The van der Waals surface area contributed by atoms with Crippen molar-refractivity contribution in [3.63, 3.8) is 0 Å². The molecule has 0 aliphatic carbocycles. The minimum Gasteiger partial charge on any atom is -0.460 e. The number of furan rings is 1. The Bertz CT molecular complexity index is 1630. The first-order chi connectivity index (χ1) is 19.4. The molecule has 40 heavy (non-hydrogen) atoms. The van der Waals surface area contributed by atoms with Gasteiger partial charge in [0.05, 0.1) is 13.0 Å². The van der Waals surface area contributed by atoms with E-state index in [1.165, 1.54) is 0 Å². The van der Waals surface area contributed by atoms with Gasteiger partial charge in [0.1, 0.15) is 17.0 Å². The zero-order valence-corrected chi connectivity index (χ0v) is 22.3. The Morgan fingerprint density at radius 1 is 0.925 bits per heavy atom. The molecule has 0 radical (unpaired) electrons. The molecule has 1 amide bonds. The quantitative estimate of drug-likeness (QED) is 0.185. The van der Waals surface area contributed by atoms with Crippen LogP contribution >= 0.6 is 11.6 Å². The normalized spacial score (nSPS) is 11.7. The number of esters is 1. The summed E-state index contributed by atoms with van der Waals surface area (Å²) < 4.78 is 30.8. The second kappa shape index (κ2) is 12.1. The van der Waals surface area contributed by atoms with Crippen LogP contribution in [0.1, 0.15) is 35.0 Å². The largest absolute Gasteiger partial charge is 0.460 e. The van der Waals surface area contributed by atoms with Crippen molar-refractivity contribution in [3.05, 3.63) is 119 Å². The van der Waals surface area contributed by atoms with Crippen molar-refractivity contribution in [3.8, 4) is 16.9 Å². The number of carbonyl (C=O) groups excluding carboxylic acids is 2. The van der Waals surface area contributed by atoms with Crippen molar-refractivity contribution < 1.29 is 27.9 Å². The van der Waals surface area contributed by atoms with Gasteiger partial charge in [-0.1, -0.05) is 72.3 Å². The highest BCUT2D eigenvalue weighted by molar-refractivity contribution is 6.30. The van der Waals surface area contributed by atoms with Crippen molar-refractivity contribution >= 4 is 40.1 Å². The highest BCUT2D eigenvalue weighted by Crippen LogP contribution is 2.35. The van der Waals surface area contributed by atoms with E-state index in [0.29, 0.717) is 32.9 Å². The van der Waals surface area contributed by atoms with Gasteiger partial charge in [0.15, 0.2) is 0 Å². The van der Waals surface area contributed by atoms with Crippen molar-refractivity contribution in [1.29, 1.82) is 0 Å². The van der Waals surface area contributed by atoms with E-state index in [1.807, 2.05) is 18.2 Å². The summed E-state index contributed by atoms with van der Waals surface area (Å²) in [5.74, 6) is -0.793. The third kappa shape index (κ3) is 6.16. The fourth-order valence-corrected chi connectivity index (χ4v) is 4.36. The molecule has 0 bridgehead atoms. The summed E-state index contributed by atoms with van der Waals surface area (Å²) in [6.07, 6.45) is -1.60. The molecule has 202 valence electrons. The SMILES string of the molecule is CCOC(=O)c1oc2cc(-c3ccc(Cl)cc3)ccc2c1NC(=O)Cc1ccc(OC(F)c2ccccc2)cc1. The van der Waals surface area contributed by atoms with E-state index in [9.17, 15) is 14.0 Å². The number of nitrogens with one attached hydrogen (secondary N) is 1. The molecule has 0 aliphatic rings. The monoisotopic (exact) mass is 557 g/mol. The maximum Gasteiger partial charge on any atom is 0.376 e. The van der Waals surface area contributed by atoms with E-state index >= 15 is 0 Å². The van der Waals surface area contributed by atoms with Crippen LogP contribution in [0.3, 0.4) is 0 Å². The van der Waals surface area contributed by atoms with Gasteiger partial charge in [-0.05, 0) is 60.0 Å². The molecule has 0 aliphatic heterocycles. The van der Waals surface area contributed by atoms with Crippen LogP contribution in [0, 0.1) is 0 Å². The van der Waals surface area contributed by atoms with E-state index in [-0.39, 0.29) is 30.4 Å². The first kappa shape index (κ1) is 27.0. The zero-order chi connectivity index (χ0) is 28.1. The average Bonchev–Trinajstić information content (AvgIpc) is 3.32. The van der Waals surface area contributed by atoms with Crippen LogP contribution in [0.4, 0.5) is 10.1 Å². The van der Waals surface area contributed by atoms with Crippen LogP contribution in [-0.2, 0) is 16.0 Å². The molecule has 0 spiro atoms. The number of rotatable bonds is 9. The first-order valence-corrected chi connectivity index (χ1v) is 13.0. The second-order valence-corrected chi connectivity index (χ2v) is 9.39. The molecular formula is C32H25ClFNO5. The van der Waals surface area contributed by atoms with Crippen LogP contribution in [-0.4, -0.2) is 18.5 Å². The topological polar surface area (TPSA) is 77.8 Å². The fraction of sp³-hybridized carbons (Fsp3) is 0.125. The predicted octanol–water partition coefficient (Wildman–Crippen LogP) is 8.16. The lowest BCUT2D eigenvalue weighted by Gasteiger charge is -2.12. The Hall–Kier alpha value is -4.62. The number of hydrogen-bond acceptors (Lipinski definition) is 5. The number of benzene rings is 4. The van der Waals surface area contributed by atoms with Gasteiger partial charge in [0.2, 0.25) is 11.7 Å². The molecule has 4 aromatic carbocycles. The summed E-state index contributed by atoms with van der Waals surface area (Å²) in [6.45, 7) is 1.84. The van der Waals surface area contributed by atoms with E-state index in [0.717, 1.165) is 11.1 Å². The molecule has 0 saturated carbocycles. The number of ether oxygens (including phenoxy) is 2. The molecule has 5 rings (SSSR count). The predicted molar refractivity (Wildman–Crippen MR) is 152 cm³/mol. The number of anilines is 1. The third-order valence-electron chi connectivity index (χ3n) is 6.18. The fourth-order valence-electron chi connectivity index (χ4n) is 4.23. The van der Waals surface area contributed by atoms with Crippen LogP contribution < -0.4 is 10.1 Å². The summed E-state index contributed by atoms with van der Waals surface area (Å²) in [6, 6.07) is 27.9. The maximum atomic E-state index is 14.4. The Morgan fingerprint density at radius 2 is 1.62 bits per heavy atom. The standard InChI is InChI=1S/C32H25ClFNO5/c1-2-38-32(37)30-29(26-17-12-23(19-27(26)40-30)21-10-13-24(33)14-11-21)35-28(36)18-20-8-15-25(16-9-20)39-31(34)22-6-4-3-5-7-22/h3-17,19,31H,2,18H2,1H3,(H,35,36). The third-order valence-corrected chi connectivity index (χ3v) is 6.43. The van der Waals surface area contributed by atoms with Crippen LogP contribution in [0.2, 0.25) is 5.02 Å². The van der Waals surface area contributed by atoms with Gasteiger partial charge in [-0.3, -0.25) is 4.79 Å². The second-order valence-electron chi connectivity index (χ2n) is 8.96. The van der Waals surface area contributed by atoms with Gasteiger partial charge in [-0.15, -0.1) is 0 Å². The van der Waals surface area contributed by atoms with Gasteiger partial charge >= 0.3 is 5.97 Å². The Labute approximate surface area is 235 Å². The number of hydrogen-bond donors (Lipinski definition) is 1. The molecular weight excluding hydrogens is 533 g/mol. The lowest BCUT2D eigenvalue weighted by Crippen LogP contribution is -2.16. The number of alkyl halides is 1. The Kier molecular flexibility index (Phi) is 8.12. The van der Waals surface area contributed by atoms with Gasteiger partial charge in [-0.2, -0.15) is 4.39 Å². The van der Waals surface area contributed by atoms with E-state index in [4.69, 9.17) is 25.5 Å². The summed E-state index contributed by atoms with van der Waals surface area (Å²) in [5, 5.41) is 4.00. The molecule has 1 atom stereocenters. The summed E-state index contributed by atoms with van der Waals surface area (Å²) >= 11 is 6.01. The van der Waals surface area contributed by atoms with Crippen molar-refractivity contribution in [2.75, 3.05) is 11.9 Å². The van der Waals surface area contributed by atoms with Crippen molar-refractivity contribution in [2.45, 2.75) is 19.7 Å². The van der Waals surface area contributed by atoms with Gasteiger partial charge < -0.3 is 19.2 Å². The average molecular weight is 558 g/mol. The molecule has 1 N–H and O–H groups in total. The molecule has 1 heterocycles. The minimum atomic E-state index is -1.61. The van der Waals surface area contributed by atoms with Crippen LogP contribution in [0.5, 0.6) is 5.75 Å². The summed E-state index contributed by atoms with van der Waals surface area (Å²) in [5.41, 5.74) is 3.53. The summed E-state index contributed by atoms with van der Waals surface area (Å²) in [4.78, 5) is 25.7. The Morgan fingerprint density at radius 3 is 2.33 bits per heavy atom. The lowest BCUT2D eigenvalue weighted by atomic mass is 10.0. The Balaban J connectivity index is 1.33. The lowest BCUT2D eigenvalue weighted by molar-refractivity contribution is -0.115. The number of fused-ring (bicyclic) bond motifs is 1. The number of halogens is 2. The molecule has 8 heteroatoms. The maximum absolute atomic E-state index is 14.4. The summed E-state index contributed by atoms with van der Waals surface area (Å²) in [7, 11) is 0.